The quantitative estimate of drug-likeness (QED) is 0.363. The Kier molecular flexibility index (Phi) is 8.75. The fourth-order valence-electron chi connectivity index (χ4n) is 0.897. The zero-order valence-electron chi connectivity index (χ0n) is 11.5. The van der Waals surface area contributed by atoms with Gasteiger partial charge in [-0.05, 0) is 38.3 Å². The first kappa shape index (κ1) is 17.1. The molecule has 2 nitrogen and oxygen atoms in total. The summed E-state index contributed by atoms with van der Waals surface area (Å²) in [5.41, 5.74) is 0. The molecule has 6 heteroatoms. The molecule has 0 aromatic heterocycles. The summed E-state index contributed by atoms with van der Waals surface area (Å²) in [6.45, 7) is 9.11. The molecule has 0 amide bonds. The third-order valence-corrected chi connectivity index (χ3v) is 11.0. The van der Waals surface area contributed by atoms with E-state index in [-0.39, 0.29) is 0 Å². The summed E-state index contributed by atoms with van der Waals surface area (Å²) in [6.07, 6.45) is 0. The van der Waals surface area contributed by atoms with Gasteiger partial charge in [0.05, 0.1) is 0 Å². The lowest BCUT2D eigenvalue weighted by Gasteiger charge is -2.20. The molecule has 0 spiro atoms. The van der Waals surface area contributed by atoms with Gasteiger partial charge in [-0.2, -0.15) is 0 Å². The molecule has 0 saturated carbocycles. The summed E-state index contributed by atoms with van der Waals surface area (Å²) < 4.78 is 11.0. The molecule has 0 aliphatic rings. The van der Waals surface area contributed by atoms with E-state index in [0.717, 1.165) is 0 Å². The topological polar surface area (TPSA) is 18.5 Å². The fraction of sp³-hybridized carbons (Fsp3) is 1.00. The van der Waals surface area contributed by atoms with E-state index in [4.69, 9.17) is 8.85 Å². The van der Waals surface area contributed by atoms with Crippen molar-refractivity contribution in [3.8, 4) is 0 Å². The minimum absolute atomic E-state index is 1.21. The molecule has 0 bridgehead atoms. The second kappa shape index (κ2) is 8.21. The lowest BCUT2D eigenvalue weighted by atomic mass is 11.0. The Morgan fingerprint density at radius 1 is 0.750 bits per heavy atom. The molecule has 0 N–H and O–H groups in total. The average Bonchev–Trinajstić information content (AvgIpc) is 2.23. The van der Waals surface area contributed by atoms with Gasteiger partial charge in [0.2, 0.25) is 0 Å². The van der Waals surface area contributed by atoms with E-state index in [1.165, 1.54) is 23.6 Å². The number of rotatable bonds is 9. The normalized spacial score (nSPS) is 13.1. The number of hydrogen-bond donors (Lipinski definition) is 0. The van der Waals surface area contributed by atoms with E-state index in [0.29, 0.717) is 0 Å². The van der Waals surface area contributed by atoms with Crippen molar-refractivity contribution in [1.29, 1.82) is 0 Å². The lowest BCUT2D eigenvalue weighted by molar-refractivity contribution is 0.405. The third kappa shape index (κ3) is 9.12. The zero-order chi connectivity index (χ0) is 12.7. The van der Waals surface area contributed by atoms with Crippen LogP contribution < -0.4 is 0 Å². The van der Waals surface area contributed by atoms with Crippen molar-refractivity contribution in [3.63, 3.8) is 0 Å². The van der Waals surface area contributed by atoms with Gasteiger partial charge < -0.3 is 8.85 Å². The minimum Gasteiger partial charge on any atom is -0.420 e. The van der Waals surface area contributed by atoms with Crippen LogP contribution in [0.5, 0.6) is 0 Å². The van der Waals surface area contributed by atoms with Crippen LogP contribution in [0.4, 0.5) is 0 Å². The summed E-state index contributed by atoms with van der Waals surface area (Å²) in [5.74, 6) is 2.43. The van der Waals surface area contributed by atoms with Gasteiger partial charge in [-0.25, -0.2) is 0 Å². The first-order chi connectivity index (χ1) is 7.33. The Labute approximate surface area is 111 Å². The van der Waals surface area contributed by atoms with Crippen molar-refractivity contribution in [3.05, 3.63) is 0 Å². The highest BCUT2D eigenvalue weighted by atomic mass is 33.1. The van der Waals surface area contributed by atoms with Crippen LogP contribution in [0.2, 0.25) is 38.3 Å². The van der Waals surface area contributed by atoms with Gasteiger partial charge in [0.25, 0.3) is 0 Å². The highest BCUT2D eigenvalue weighted by Crippen LogP contribution is 2.27. The van der Waals surface area contributed by atoms with Crippen molar-refractivity contribution in [1.82, 2.24) is 0 Å². The maximum Gasteiger partial charge on any atom is 0.187 e. The van der Waals surface area contributed by atoms with Crippen LogP contribution in [0, 0.1) is 0 Å². The van der Waals surface area contributed by atoms with E-state index in [1.54, 1.807) is 0 Å². The van der Waals surface area contributed by atoms with Crippen LogP contribution >= 0.6 is 21.6 Å². The predicted molar refractivity (Wildman–Crippen MR) is 83.5 cm³/mol. The summed E-state index contributed by atoms with van der Waals surface area (Å²) in [5, 5.41) is 0. The van der Waals surface area contributed by atoms with Gasteiger partial charge in [0, 0.05) is 25.7 Å². The maximum absolute atomic E-state index is 5.52. The maximum atomic E-state index is 5.52. The summed E-state index contributed by atoms with van der Waals surface area (Å²) in [4.78, 5) is 0. The lowest BCUT2D eigenvalue weighted by Crippen LogP contribution is -2.29. The zero-order valence-corrected chi connectivity index (χ0v) is 15.1. The van der Waals surface area contributed by atoms with Gasteiger partial charge in [-0.15, -0.1) is 0 Å². The van der Waals surface area contributed by atoms with Crippen LogP contribution in [0.1, 0.15) is 0 Å². The summed E-state index contributed by atoms with van der Waals surface area (Å²) >= 11 is 0. The van der Waals surface area contributed by atoms with Gasteiger partial charge in [0.15, 0.2) is 16.6 Å². The van der Waals surface area contributed by atoms with E-state index in [9.17, 15) is 0 Å². The Hall–Kier alpha value is 1.05. The SMILES string of the molecule is CO[Si](C)(C)CCSSCC[Si](C)(C)OC. The van der Waals surface area contributed by atoms with E-state index in [1.807, 2.05) is 35.8 Å². The standard InChI is InChI=1S/C10H26O2S2Si2/c1-11-15(3,4)9-7-13-14-8-10-16(5,6)12-2/h7-10H2,1-6H3. The predicted octanol–water partition coefficient (Wildman–Crippen LogP) is 4.07. The van der Waals surface area contributed by atoms with Crippen LogP contribution in [0.3, 0.4) is 0 Å². The van der Waals surface area contributed by atoms with Crippen LogP contribution in [0.25, 0.3) is 0 Å². The Balaban J connectivity index is 3.42. The smallest absolute Gasteiger partial charge is 0.187 e. The van der Waals surface area contributed by atoms with Gasteiger partial charge in [0.1, 0.15) is 0 Å². The highest BCUT2D eigenvalue weighted by Gasteiger charge is 2.21. The third-order valence-electron chi connectivity index (χ3n) is 2.76. The average molecular weight is 299 g/mol. The van der Waals surface area contributed by atoms with Crippen molar-refractivity contribution in [2.45, 2.75) is 38.3 Å². The van der Waals surface area contributed by atoms with Crippen LogP contribution in [0.15, 0.2) is 0 Å². The number of hydrogen-bond acceptors (Lipinski definition) is 4. The van der Waals surface area contributed by atoms with Crippen molar-refractivity contribution in [2.75, 3.05) is 25.7 Å². The molecular weight excluding hydrogens is 272 g/mol. The molecule has 0 aromatic carbocycles. The van der Waals surface area contributed by atoms with Gasteiger partial charge >= 0.3 is 0 Å². The second-order valence-corrected chi connectivity index (χ2v) is 16.6. The van der Waals surface area contributed by atoms with Gasteiger partial charge in [-0.1, -0.05) is 21.6 Å². The molecule has 98 valence electrons. The van der Waals surface area contributed by atoms with Gasteiger partial charge in [-0.3, -0.25) is 0 Å². The molecule has 16 heavy (non-hydrogen) atoms. The molecule has 0 aliphatic carbocycles. The highest BCUT2D eigenvalue weighted by molar-refractivity contribution is 8.76. The molecule has 0 atom stereocenters. The molecule has 0 radical (unpaired) electrons. The van der Waals surface area contributed by atoms with Crippen LogP contribution in [-0.4, -0.2) is 42.4 Å². The molecule has 0 aliphatic heterocycles. The second-order valence-electron chi connectivity index (χ2n) is 5.07. The van der Waals surface area contributed by atoms with Crippen molar-refractivity contribution >= 4 is 38.2 Å². The Morgan fingerprint density at radius 3 is 1.31 bits per heavy atom. The first-order valence-electron chi connectivity index (χ1n) is 5.68. The largest absolute Gasteiger partial charge is 0.420 e. The monoisotopic (exact) mass is 298 g/mol. The Bertz CT molecular complexity index is 170. The molecule has 0 unspecified atom stereocenters. The van der Waals surface area contributed by atoms with E-state index in [2.05, 4.69) is 26.2 Å². The summed E-state index contributed by atoms with van der Waals surface area (Å²) in [6, 6.07) is 2.48. The van der Waals surface area contributed by atoms with Crippen molar-refractivity contribution < 1.29 is 8.85 Å². The molecular formula is C10H26O2S2Si2. The summed E-state index contributed by atoms with van der Waals surface area (Å²) in [7, 11) is 5.00. The van der Waals surface area contributed by atoms with Crippen molar-refractivity contribution in [2.24, 2.45) is 0 Å². The molecule has 0 heterocycles. The molecule has 0 fully saturated rings. The molecule has 0 rings (SSSR count). The molecule has 0 aromatic rings. The van der Waals surface area contributed by atoms with E-state index < -0.39 is 16.6 Å². The molecule has 0 saturated heterocycles. The fourth-order valence-corrected chi connectivity index (χ4v) is 8.35. The van der Waals surface area contributed by atoms with Crippen LogP contribution in [-0.2, 0) is 8.85 Å². The first-order valence-corrected chi connectivity index (χ1v) is 14.4. The Morgan fingerprint density at radius 2 is 1.06 bits per heavy atom. The van der Waals surface area contributed by atoms with E-state index >= 15 is 0 Å². The minimum atomic E-state index is -1.33.